The second kappa shape index (κ2) is 7.53. The van der Waals surface area contributed by atoms with Crippen molar-refractivity contribution in [3.8, 4) is 0 Å². The van der Waals surface area contributed by atoms with Gasteiger partial charge >= 0.3 is 0 Å². The number of carbonyl (C=O) groups is 1. The highest BCUT2D eigenvalue weighted by Crippen LogP contribution is 2.48. The summed E-state index contributed by atoms with van der Waals surface area (Å²) in [6.45, 7) is 13.8. The van der Waals surface area contributed by atoms with Gasteiger partial charge in [-0.25, -0.2) is 0 Å². The Labute approximate surface area is 158 Å². The Bertz CT molecular complexity index is 637. The lowest BCUT2D eigenvalue weighted by atomic mass is 10.0. The highest BCUT2D eigenvalue weighted by molar-refractivity contribution is 8.01. The largest absolute Gasteiger partial charge is 0.368 e. The Morgan fingerprint density at radius 3 is 2.40 bits per heavy atom. The van der Waals surface area contributed by atoms with E-state index in [1.54, 1.807) is 11.8 Å². The third-order valence-electron chi connectivity index (χ3n) is 4.34. The van der Waals surface area contributed by atoms with Crippen molar-refractivity contribution in [2.75, 3.05) is 22.9 Å². The molecule has 7 nitrogen and oxygen atoms in total. The zero-order chi connectivity index (χ0) is 18.9. The summed E-state index contributed by atoms with van der Waals surface area (Å²) in [6, 6.07) is -0.520. The van der Waals surface area contributed by atoms with Crippen molar-refractivity contribution in [3.05, 3.63) is 5.28 Å². The van der Waals surface area contributed by atoms with Crippen LogP contribution in [0.3, 0.4) is 0 Å². The quantitative estimate of drug-likeness (QED) is 0.803. The molecule has 0 aliphatic carbocycles. The Kier molecular flexibility index (Phi) is 6.04. The minimum absolute atomic E-state index is 0.0236. The van der Waals surface area contributed by atoms with Gasteiger partial charge in [-0.2, -0.15) is 15.0 Å². The number of nitrogens with zero attached hydrogens (tertiary/aromatic N) is 5. The summed E-state index contributed by atoms with van der Waals surface area (Å²) in [5, 5.41) is 0.142. The lowest BCUT2D eigenvalue weighted by molar-refractivity contribution is -0.119. The molecule has 1 fully saturated rings. The van der Waals surface area contributed by atoms with E-state index in [4.69, 9.17) is 17.3 Å². The molecule has 2 unspecified atom stereocenters. The number of primary amides is 1. The summed E-state index contributed by atoms with van der Waals surface area (Å²) >= 11 is 7.89. The van der Waals surface area contributed by atoms with Gasteiger partial charge in [-0.3, -0.25) is 4.79 Å². The van der Waals surface area contributed by atoms with Gasteiger partial charge in [-0.05, 0) is 45.2 Å². The highest BCUT2D eigenvalue weighted by Gasteiger charge is 2.52. The predicted octanol–water partition coefficient (Wildman–Crippen LogP) is 2.54. The minimum atomic E-state index is -0.520. The fourth-order valence-electron chi connectivity index (χ4n) is 3.17. The van der Waals surface area contributed by atoms with Crippen LogP contribution in [0.2, 0.25) is 5.28 Å². The van der Waals surface area contributed by atoms with Crippen LogP contribution in [0.4, 0.5) is 11.9 Å². The SMILES string of the molecule is CCN(CC)c1nc(Cl)nc(N2C(C(C)C)SC(C)(C)C2C(N)=O)n1. The molecule has 2 heterocycles. The number of halogens is 1. The van der Waals surface area contributed by atoms with Crippen LogP contribution in [0.5, 0.6) is 0 Å². The van der Waals surface area contributed by atoms with Crippen LogP contribution in [0, 0.1) is 5.92 Å². The summed E-state index contributed by atoms with van der Waals surface area (Å²) in [4.78, 5) is 29.3. The summed E-state index contributed by atoms with van der Waals surface area (Å²) in [5.74, 6) is 0.811. The predicted molar refractivity (Wildman–Crippen MR) is 104 cm³/mol. The third kappa shape index (κ3) is 3.95. The maximum Gasteiger partial charge on any atom is 0.241 e. The normalized spacial score (nSPS) is 22.5. The molecule has 1 aromatic heterocycles. The first kappa shape index (κ1) is 20.0. The number of hydrogen-bond acceptors (Lipinski definition) is 7. The molecule has 9 heteroatoms. The van der Waals surface area contributed by atoms with Gasteiger partial charge in [-0.15, -0.1) is 11.8 Å². The molecule has 0 spiro atoms. The van der Waals surface area contributed by atoms with E-state index in [9.17, 15) is 4.79 Å². The zero-order valence-electron chi connectivity index (χ0n) is 15.7. The molecule has 1 aliphatic heterocycles. The van der Waals surface area contributed by atoms with Crippen LogP contribution in [0.1, 0.15) is 41.5 Å². The van der Waals surface area contributed by atoms with Crippen LogP contribution in [0.25, 0.3) is 0 Å². The average molecular weight is 387 g/mol. The molecule has 0 bridgehead atoms. The fourth-order valence-corrected chi connectivity index (χ4v) is 4.91. The van der Waals surface area contributed by atoms with E-state index in [1.165, 1.54) is 0 Å². The van der Waals surface area contributed by atoms with Gasteiger partial charge < -0.3 is 15.5 Å². The molecule has 2 rings (SSSR count). The number of thioether (sulfide) groups is 1. The van der Waals surface area contributed by atoms with Crippen LogP contribution in [-0.2, 0) is 4.79 Å². The first-order valence-corrected chi connectivity index (χ1v) is 9.80. The van der Waals surface area contributed by atoms with Gasteiger partial charge in [0.05, 0.1) is 5.37 Å². The molecule has 1 amide bonds. The lowest BCUT2D eigenvalue weighted by Gasteiger charge is -2.32. The topological polar surface area (TPSA) is 88.2 Å². The Morgan fingerprint density at radius 2 is 1.92 bits per heavy atom. The van der Waals surface area contributed by atoms with Crippen molar-refractivity contribution in [3.63, 3.8) is 0 Å². The van der Waals surface area contributed by atoms with Crippen LogP contribution in [-0.4, -0.2) is 50.1 Å². The third-order valence-corrected chi connectivity index (χ3v) is 6.35. The van der Waals surface area contributed by atoms with Crippen molar-refractivity contribution in [2.24, 2.45) is 11.7 Å². The number of aromatic nitrogens is 3. The Morgan fingerprint density at radius 1 is 1.32 bits per heavy atom. The molecular formula is C16H27ClN6OS. The second-order valence-corrected chi connectivity index (χ2v) is 9.05. The van der Waals surface area contributed by atoms with E-state index in [0.717, 1.165) is 13.1 Å². The van der Waals surface area contributed by atoms with Gasteiger partial charge in [0.15, 0.2) is 0 Å². The summed E-state index contributed by atoms with van der Waals surface area (Å²) in [6.07, 6.45) is 0. The van der Waals surface area contributed by atoms with Gasteiger partial charge in [0.25, 0.3) is 0 Å². The fraction of sp³-hybridized carbons (Fsp3) is 0.750. The number of anilines is 2. The first-order chi connectivity index (χ1) is 11.6. The van der Waals surface area contributed by atoms with E-state index >= 15 is 0 Å². The van der Waals surface area contributed by atoms with E-state index < -0.39 is 6.04 Å². The number of hydrogen-bond donors (Lipinski definition) is 1. The van der Waals surface area contributed by atoms with Gasteiger partial charge in [0, 0.05) is 17.8 Å². The van der Waals surface area contributed by atoms with Crippen molar-refractivity contribution in [1.29, 1.82) is 0 Å². The Hall–Kier alpha value is -1.28. The molecule has 1 saturated heterocycles. The number of nitrogens with two attached hydrogens (primary N) is 1. The monoisotopic (exact) mass is 386 g/mol. The average Bonchev–Trinajstić information content (AvgIpc) is 2.80. The summed E-state index contributed by atoms with van der Waals surface area (Å²) in [7, 11) is 0. The van der Waals surface area contributed by atoms with Crippen LogP contribution in [0.15, 0.2) is 0 Å². The van der Waals surface area contributed by atoms with Crippen molar-refractivity contribution in [1.82, 2.24) is 15.0 Å². The van der Waals surface area contributed by atoms with Gasteiger partial charge in [0.1, 0.15) is 6.04 Å². The summed E-state index contributed by atoms with van der Waals surface area (Å²) < 4.78 is -0.352. The number of amides is 1. The molecule has 1 aliphatic rings. The van der Waals surface area contributed by atoms with E-state index in [2.05, 4.69) is 28.8 Å². The Balaban J connectivity index is 2.57. The summed E-state index contributed by atoms with van der Waals surface area (Å²) in [5.41, 5.74) is 5.74. The standard InChI is InChI=1S/C16H27ClN6OS/c1-7-22(8-2)14-19-13(17)20-15(21-14)23-10(11(18)24)16(5,6)25-12(23)9(3)4/h9-10,12H,7-8H2,1-6H3,(H2,18,24). The van der Waals surface area contributed by atoms with Crippen molar-refractivity contribution in [2.45, 2.75) is 57.7 Å². The van der Waals surface area contributed by atoms with E-state index in [1.807, 2.05) is 37.5 Å². The lowest BCUT2D eigenvalue weighted by Crippen LogP contribution is -2.52. The minimum Gasteiger partial charge on any atom is -0.368 e. The second-order valence-electron chi connectivity index (χ2n) is 6.94. The molecule has 0 saturated carbocycles. The molecule has 0 aromatic carbocycles. The van der Waals surface area contributed by atoms with Crippen LogP contribution < -0.4 is 15.5 Å². The van der Waals surface area contributed by atoms with Crippen molar-refractivity contribution < 1.29 is 4.79 Å². The highest BCUT2D eigenvalue weighted by atomic mass is 35.5. The van der Waals surface area contributed by atoms with Gasteiger partial charge in [-0.1, -0.05) is 13.8 Å². The molecule has 140 valence electrons. The molecule has 0 radical (unpaired) electrons. The van der Waals surface area contributed by atoms with E-state index in [-0.39, 0.29) is 27.2 Å². The molecule has 25 heavy (non-hydrogen) atoms. The molecule has 2 N–H and O–H groups in total. The maximum atomic E-state index is 12.2. The molecule has 1 aromatic rings. The first-order valence-electron chi connectivity index (χ1n) is 8.54. The molecule has 2 atom stereocenters. The maximum absolute atomic E-state index is 12.2. The number of rotatable bonds is 6. The van der Waals surface area contributed by atoms with Gasteiger partial charge in [0.2, 0.25) is 23.1 Å². The van der Waals surface area contributed by atoms with E-state index in [0.29, 0.717) is 11.9 Å². The van der Waals surface area contributed by atoms with Crippen LogP contribution >= 0.6 is 23.4 Å². The molecular weight excluding hydrogens is 360 g/mol. The number of carbonyl (C=O) groups excluding carboxylic acids is 1. The zero-order valence-corrected chi connectivity index (χ0v) is 17.2. The smallest absolute Gasteiger partial charge is 0.241 e. The van der Waals surface area contributed by atoms with Crippen molar-refractivity contribution >= 4 is 41.2 Å².